The van der Waals surface area contributed by atoms with Gasteiger partial charge in [0.25, 0.3) is 0 Å². The van der Waals surface area contributed by atoms with E-state index in [1.807, 2.05) is 57.4 Å². The van der Waals surface area contributed by atoms with Crippen LogP contribution in [0.4, 0.5) is 4.79 Å². The Hall–Kier alpha value is -2.34. The van der Waals surface area contributed by atoms with Crippen LogP contribution in [-0.2, 0) is 14.3 Å². The minimum atomic E-state index is -0.591. The van der Waals surface area contributed by atoms with Crippen LogP contribution < -0.4 is 5.32 Å². The maximum absolute atomic E-state index is 12.4. The van der Waals surface area contributed by atoms with E-state index in [4.69, 9.17) is 9.47 Å². The average Bonchev–Trinajstić information content (AvgIpc) is 3.12. The number of thiophene rings is 1. The second-order valence-corrected chi connectivity index (χ2v) is 9.45. The molecule has 1 aromatic carbocycles. The molecule has 0 saturated carbocycles. The zero-order valence-electron chi connectivity index (χ0n) is 18.6. The largest absolute Gasteiger partial charge is 0.465 e. The van der Waals surface area contributed by atoms with Crippen molar-refractivity contribution >= 4 is 39.2 Å². The van der Waals surface area contributed by atoms with Crippen LogP contribution in [0, 0.1) is 5.92 Å². The van der Waals surface area contributed by atoms with Gasteiger partial charge in [-0.15, -0.1) is 11.3 Å². The number of ether oxygens (including phenoxy) is 2. The number of amides is 1. The normalized spacial score (nSPS) is 13.2. The number of nitrogens with one attached hydrogen (secondary N) is 1. The second kappa shape index (κ2) is 11.2. The molecule has 2 aromatic rings. The lowest BCUT2D eigenvalue weighted by atomic mass is 10.1. The third-order valence-corrected chi connectivity index (χ3v) is 5.23. The van der Waals surface area contributed by atoms with Crippen molar-refractivity contribution in [1.82, 2.24) is 5.32 Å². The summed E-state index contributed by atoms with van der Waals surface area (Å²) in [5.74, 6) is -0.241. The number of alkyl carbamates (subject to hydrolysis) is 1. The predicted octanol–water partition coefficient (Wildman–Crippen LogP) is 6.53. The zero-order valence-corrected chi connectivity index (χ0v) is 19.4. The molecule has 0 bridgehead atoms. The Labute approximate surface area is 183 Å². The lowest BCUT2D eigenvalue weighted by Gasteiger charge is -2.21. The minimum absolute atomic E-state index is 0.0657. The first-order chi connectivity index (χ1) is 14.2. The lowest BCUT2D eigenvalue weighted by molar-refractivity contribution is -0.144. The van der Waals surface area contributed by atoms with Crippen LogP contribution in [-0.4, -0.2) is 24.3 Å². The molecule has 1 unspecified atom stereocenters. The van der Waals surface area contributed by atoms with E-state index in [1.165, 1.54) is 0 Å². The summed E-state index contributed by atoms with van der Waals surface area (Å²) in [4.78, 5) is 24.3. The quantitative estimate of drug-likeness (QED) is 0.362. The van der Waals surface area contributed by atoms with Gasteiger partial charge in [-0.3, -0.25) is 10.1 Å². The molecule has 1 aromatic heterocycles. The second-order valence-electron chi connectivity index (χ2n) is 8.50. The number of rotatable bonds is 9. The number of hydrogen-bond donors (Lipinski definition) is 1. The molecule has 0 aliphatic rings. The fourth-order valence-electron chi connectivity index (χ4n) is 2.89. The van der Waals surface area contributed by atoms with E-state index in [2.05, 4.69) is 18.3 Å². The van der Waals surface area contributed by atoms with Gasteiger partial charge >= 0.3 is 12.1 Å². The molecule has 0 aliphatic carbocycles. The van der Waals surface area contributed by atoms with Crippen molar-refractivity contribution in [2.24, 2.45) is 5.92 Å². The van der Waals surface area contributed by atoms with Crippen molar-refractivity contribution in [3.05, 3.63) is 41.3 Å². The first-order valence-corrected chi connectivity index (χ1v) is 11.4. The van der Waals surface area contributed by atoms with E-state index in [0.29, 0.717) is 12.1 Å². The Kier molecular flexibility index (Phi) is 8.90. The molecule has 1 atom stereocenters. The van der Waals surface area contributed by atoms with Crippen LogP contribution in [0.5, 0.6) is 0 Å². The molecule has 5 nitrogen and oxygen atoms in total. The summed E-state index contributed by atoms with van der Waals surface area (Å²) in [6.45, 7) is 9.81. The number of unbranched alkanes of at least 4 members (excludes halogenated alkanes) is 2. The molecular weight excluding hydrogens is 398 g/mol. The number of esters is 1. The molecule has 0 radical (unpaired) electrons. The molecule has 6 heteroatoms. The topological polar surface area (TPSA) is 64.6 Å². The van der Waals surface area contributed by atoms with Gasteiger partial charge in [0.1, 0.15) is 5.60 Å². The maximum Gasteiger partial charge on any atom is 0.412 e. The van der Waals surface area contributed by atoms with Crippen LogP contribution in [0.2, 0.25) is 0 Å². The first kappa shape index (κ1) is 23.9. The summed E-state index contributed by atoms with van der Waals surface area (Å²) in [7, 11) is 0. The molecule has 1 heterocycles. The number of fused-ring (bicyclic) bond motifs is 1. The Morgan fingerprint density at radius 1 is 1.20 bits per heavy atom. The smallest absolute Gasteiger partial charge is 0.412 e. The van der Waals surface area contributed by atoms with Crippen LogP contribution in [0.15, 0.2) is 35.7 Å². The van der Waals surface area contributed by atoms with Crippen molar-refractivity contribution in [1.29, 1.82) is 0 Å². The van der Waals surface area contributed by atoms with Crippen molar-refractivity contribution in [2.45, 2.75) is 65.9 Å². The predicted molar refractivity (Wildman–Crippen MR) is 123 cm³/mol. The molecule has 30 heavy (non-hydrogen) atoms. The number of benzene rings is 1. The lowest BCUT2D eigenvalue weighted by Crippen LogP contribution is -2.32. The Morgan fingerprint density at radius 2 is 1.97 bits per heavy atom. The molecule has 2 rings (SSSR count). The van der Waals surface area contributed by atoms with E-state index in [9.17, 15) is 9.59 Å². The molecule has 1 N–H and O–H groups in total. The zero-order chi connectivity index (χ0) is 22.1. The highest BCUT2D eigenvalue weighted by Crippen LogP contribution is 2.25. The van der Waals surface area contributed by atoms with E-state index in [-0.39, 0.29) is 18.5 Å². The van der Waals surface area contributed by atoms with Crippen molar-refractivity contribution in [3.8, 4) is 0 Å². The summed E-state index contributed by atoms with van der Waals surface area (Å²) < 4.78 is 12.0. The first-order valence-electron chi connectivity index (χ1n) is 10.5. The fraction of sp³-hybridized carbons (Fsp3) is 0.500. The van der Waals surface area contributed by atoms with Gasteiger partial charge < -0.3 is 9.47 Å². The monoisotopic (exact) mass is 431 g/mol. The molecule has 0 fully saturated rings. The van der Waals surface area contributed by atoms with Crippen LogP contribution >= 0.6 is 11.3 Å². The number of carbonyl (C=O) groups is 2. The van der Waals surface area contributed by atoms with Gasteiger partial charge in [0.2, 0.25) is 0 Å². The van der Waals surface area contributed by atoms with Crippen molar-refractivity contribution in [2.75, 3.05) is 6.61 Å². The van der Waals surface area contributed by atoms with Gasteiger partial charge in [-0.2, -0.15) is 0 Å². The summed E-state index contributed by atoms with van der Waals surface area (Å²) >= 11 is 1.65. The third kappa shape index (κ3) is 8.19. The van der Waals surface area contributed by atoms with Crippen molar-refractivity contribution < 1.29 is 19.1 Å². The highest BCUT2D eigenvalue weighted by molar-refractivity contribution is 7.17. The van der Waals surface area contributed by atoms with E-state index in [1.54, 1.807) is 11.3 Å². The fourth-order valence-corrected chi connectivity index (χ4v) is 3.72. The Morgan fingerprint density at radius 3 is 2.67 bits per heavy atom. The van der Waals surface area contributed by atoms with Gasteiger partial charge in [0, 0.05) is 22.7 Å². The van der Waals surface area contributed by atoms with E-state index >= 15 is 0 Å². The third-order valence-electron chi connectivity index (χ3n) is 4.35. The standard InChI is InChI=1S/C24H33NO4S/c1-6-7-8-9-22(26)28-16-17(2)14-20(25-23(27)29-24(3,4)5)19-11-10-18-12-13-30-21(18)15-19/h10-15,17H,6-9,16H2,1-5H3,(H,25,27). The number of hydrogen-bond acceptors (Lipinski definition) is 5. The molecule has 0 spiro atoms. The van der Waals surface area contributed by atoms with Gasteiger partial charge in [-0.25, -0.2) is 4.79 Å². The summed E-state index contributed by atoms with van der Waals surface area (Å²) in [6, 6.07) is 8.12. The summed E-state index contributed by atoms with van der Waals surface area (Å²) in [5, 5.41) is 6.07. The summed E-state index contributed by atoms with van der Waals surface area (Å²) in [5.41, 5.74) is 0.943. The molecule has 1 amide bonds. The van der Waals surface area contributed by atoms with Crippen LogP contribution in [0.1, 0.15) is 65.9 Å². The summed E-state index contributed by atoms with van der Waals surface area (Å²) in [6.07, 6.45) is 4.80. The van der Waals surface area contributed by atoms with E-state index < -0.39 is 11.7 Å². The average molecular weight is 432 g/mol. The highest BCUT2D eigenvalue weighted by Gasteiger charge is 2.18. The maximum atomic E-state index is 12.4. The van der Waals surface area contributed by atoms with Gasteiger partial charge in [-0.1, -0.05) is 44.9 Å². The minimum Gasteiger partial charge on any atom is -0.465 e. The molecule has 0 aliphatic heterocycles. The molecule has 164 valence electrons. The van der Waals surface area contributed by atoms with Gasteiger partial charge in [0.15, 0.2) is 0 Å². The SMILES string of the molecule is CCCCCC(=O)OCC(C)C=C(NC(=O)OC(C)(C)C)c1ccc2ccsc2c1. The van der Waals surface area contributed by atoms with Crippen LogP contribution in [0.25, 0.3) is 15.8 Å². The van der Waals surface area contributed by atoms with E-state index in [0.717, 1.165) is 34.9 Å². The number of carbonyl (C=O) groups excluding carboxylic acids is 2. The Balaban J connectivity index is 2.13. The molecular formula is C24H33NO4S. The highest BCUT2D eigenvalue weighted by atomic mass is 32.1. The molecule has 0 saturated heterocycles. The van der Waals surface area contributed by atoms with Crippen LogP contribution in [0.3, 0.4) is 0 Å². The van der Waals surface area contributed by atoms with Gasteiger partial charge in [-0.05, 0) is 55.7 Å². The van der Waals surface area contributed by atoms with Gasteiger partial charge in [0.05, 0.1) is 6.61 Å². The van der Waals surface area contributed by atoms with Crippen molar-refractivity contribution in [3.63, 3.8) is 0 Å². The Bertz CT molecular complexity index is 879.